The van der Waals surface area contributed by atoms with Crippen LogP contribution in [0.5, 0.6) is 5.75 Å². The van der Waals surface area contributed by atoms with Crippen LogP contribution in [0.4, 0.5) is 5.82 Å². The number of rotatable bonds is 2. The molecule has 0 radical (unpaired) electrons. The van der Waals surface area contributed by atoms with Gasteiger partial charge in [0.25, 0.3) is 5.56 Å². The van der Waals surface area contributed by atoms with E-state index in [-0.39, 0.29) is 5.56 Å². The molecule has 98 valence electrons. The third kappa shape index (κ3) is 2.07. The summed E-state index contributed by atoms with van der Waals surface area (Å²) in [5.74, 6) is 1.92. The Bertz CT molecular complexity index is 664. The van der Waals surface area contributed by atoms with Crippen molar-refractivity contribution >= 4 is 5.82 Å². The van der Waals surface area contributed by atoms with Crippen LogP contribution in [-0.2, 0) is 6.42 Å². The molecule has 1 aromatic heterocycles. The third-order valence-corrected chi connectivity index (χ3v) is 3.27. The lowest BCUT2D eigenvalue weighted by molar-refractivity contribution is 0.416. The van der Waals surface area contributed by atoms with Crippen LogP contribution >= 0.6 is 0 Å². The Balaban J connectivity index is 2.16. The highest BCUT2D eigenvalue weighted by atomic mass is 16.5. The zero-order valence-corrected chi connectivity index (χ0v) is 10.7. The second kappa shape index (κ2) is 4.76. The minimum atomic E-state index is -0.0712. The second-order valence-electron chi connectivity index (χ2n) is 4.47. The summed E-state index contributed by atoms with van der Waals surface area (Å²) < 4.78 is 5.30. The van der Waals surface area contributed by atoms with Crippen molar-refractivity contribution in [2.45, 2.75) is 12.8 Å². The van der Waals surface area contributed by atoms with E-state index in [0.29, 0.717) is 17.4 Å². The number of para-hydroxylation sites is 1. The van der Waals surface area contributed by atoms with Gasteiger partial charge in [-0.3, -0.25) is 4.79 Å². The van der Waals surface area contributed by atoms with Gasteiger partial charge >= 0.3 is 0 Å². The van der Waals surface area contributed by atoms with E-state index < -0.39 is 0 Å². The van der Waals surface area contributed by atoms with Crippen molar-refractivity contribution in [2.75, 3.05) is 19.0 Å². The average Bonchev–Trinajstić information content (AvgIpc) is 2.47. The maximum atomic E-state index is 12.1. The standard InChI is InChI=1S/C14H15N3O2/c1-19-11-7-3-2-5-9(11)13-16-12-10(14(18)17-13)6-4-8-15-12/h2-3,5,7H,4,6,8H2,1H3,(H2,15,16,17,18). The smallest absolute Gasteiger partial charge is 0.256 e. The third-order valence-electron chi connectivity index (χ3n) is 3.27. The van der Waals surface area contributed by atoms with Crippen LogP contribution in [-0.4, -0.2) is 23.6 Å². The number of aromatic nitrogens is 2. The topological polar surface area (TPSA) is 67.0 Å². The number of nitrogens with zero attached hydrogens (tertiary/aromatic N) is 1. The largest absolute Gasteiger partial charge is 0.496 e. The number of nitrogens with one attached hydrogen (secondary N) is 2. The highest BCUT2D eigenvalue weighted by molar-refractivity contribution is 5.65. The van der Waals surface area contributed by atoms with Crippen LogP contribution in [0.1, 0.15) is 12.0 Å². The number of benzene rings is 1. The number of anilines is 1. The molecule has 0 aliphatic carbocycles. The highest BCUT2D eigenvalue weighted by Crippen LogP contribution is 2.27. The summed E-state index contributed by atoms with van der Waals surface area (Å²) in [4.78, 5) is 19.4. The molecular formula is C14H15N3O2. The Kier molecular flexibility index (Phi) is 2.95. The van der Waals surface area contributed by atoms with Gasteiger partial charge in [-0.2, -0.15) is 0 Å². The van der Waals surface area contributed by atoms with Gasteiger partial charge in [-0.05, 0) is 25.0 Å². The highest BCUT2D eigenvalue weighted by Gasteiger charge is 2.17. The molecule has 0 fully saturated rings. The van der Waals surface area contributed by atoms with Crippen LogP contribution < -0.4 is 15.6 Å². The zero-order chi connectivity index (χ0) is 13.2. The summed E-state index contributed by atoms with van der Waals surface area (Å²) >= 11 is 0. The van der Waals surface area contributed by atoms with Gasteiger partial charge in [-0.15, -0.1) is 0 Å². The minimum Gasteiger partial charge on any atom is -0.496 e. The Labute approximate surface area is 110 Å². The number of methoxy groups -OCH3 is 1. The Hall–Kier alpha value is -2.30. The molecule has 0 bridgehead atoms. The van der Waals surface area contributed by atoms with Crippen molar-refractivity contribution in [2.24, 2.45) is 0 Å². The van der Waals surface area contributed by atoms with Crippen LogP contribution in [0.2, 0.25) is 0 Å². The van der Waals surface area contributed by atoms with Crippen molar-refractivity contribution in [3.05, 3.63) is 40.2 Å². The molecule has 5 heteroatoms. The summed E-state index contributed by atoms with van der Waals surface area (Å²) in [7, 11) is 1.60. The molecule has 0 atom stereocenters. The lowest BCUT2D eigenvalue weighted by atomic mass is 10.1. The second-order valence-corrected chi connectivity index (χ2v) is 4.47. The molecule has 1 aromatic carbocycles. The van der Waals surface area contributed by atoms with E-state index in [1.807, 2.05) is 24.3 Å². The number of aromatic amines is 1. The molecule has 3 rings (SSSR count). The normalized spacial score (nSPS) is 13.5. The van der Waals surface area contributed by atoms with Gasteiger partial charge in [0, 0.05) is 6.54 Å². The van der Waals surface area contributed by atoms with Gasteiger partial charge in [-0.1, -0.05) is 12.1 Å². The monoisotopic (exact) mass is 257 g/mol. The fourth-order valence-corrected chi connectivity index (χ4v) is 2.32. The summed E-state index contributed by atoms with van der Waals surface area (Å²) in [5, 5.41) is 3.18. The first-order valence-corrected chi connectivity index (χ1v) is 6.30. The van der Waals surface area contributed by atoms with Gasteiger partial charge in [0.1, 0.15) is 17.4 Å². The first kappa shape index (κ1) is 11.8. The molecule has 19 heavy (non-hydrogen) atoms. The number of H-pyrrole nitrogens is 1. The van der Waals surface area contributed by atoms with E-state index in [4.69, 9.17) is 4.74 Å². The number of hydrogen-bond donors (Lipinski definition) is 2. The molecule has 2 heterocycles. The van der Waals surface area contributed by atoms with E-state index in [1.165, 1.54) is 0 Å². The Morgan fingerprint density at radius 2 is 2.16 bits per heavy atom. The molecule has 0 saturated carbocycles. The Morgan fingerprint density at radius 1 is 1.32 bits per heavy atom. The zero-order valence-electron chi connectivity index (χ0n) is 10.7. The van der Waals surface area contributed by atoms with Gasteiger partial charge in [-0.25, -0.2) is 4.98 Å². The van der Waals surface area contributed by atoms with E-state index in [9.17, 15) is 4.79 Å². The number of hydrogen-bond acceptors (Lipinski definition) is 4. The fraction of sp³-hybridized carbons (Fsp3) is 0.286. The Morgan fingerprint density at radius 3 is 3.00 bits per heavy atom. The van der Waals surface area contributed by atoms with E-state index in [1.54, 1.807) is 7.11 Å². The van der Waals surface area contributed by atoms with Crippen LogP contribution in [0.25, 0.3) is 11.4 Å². The first-order chi connectivity index (χ1) is 9.29. The molecule has 0 amide bonds. The van der Waals surface area contributed by atoms with Gasteiger partial charge in [0.05, 0.1) is 18.2 Å². The number of fused-ring (bicyclic) bond motifs is 1. The lowest BCUT2D eigenvalue weighted by Gasteiger charge is -2.17. The summed E-state index contributed by atoms with van der Waals surface area (Å²) in [6.45, 7) is 0.856. The maximum absolute atomic E-state index is 12.1. The lowest BCUT2D eigenvalue weighted by Crippen LogP contribution is -2.24. The molecule has 0 unspecified atom stereocenters. The van der Waals surface area contributed by atoms with Gasteiger partial charge in [0.2, 0.25) is 0 Å². The maximum Gasteiger partial charge on any atom is 0.256 e. The van der Waals surface area contributed by atoms with Crippen molar-refractivity contribution in [1.29, 1.82) is 0 Å². The minimum absolute atomic E-state index is 0.0712. The summed E-state index contributed by atoms with van der Waals surface area (Å²) in [6.07, 6.45) is 1.74. The summed E-state index contributed by atoms with van der Waals surface area (Å²) in [6, 6.07) is 7.51. The molecule has 2 N–H and O–H groups in total. The molecule has 0 saturated heterocycles. The fourth-order valence-electron chi connectivity index (χ4n) is 2.32. The van der Waals surface area contributed by atoms with E-state index in [0.717, 1.165) is 30.5 Å². The van der Waals surface area contributed by atoms with Crippen LogP contribution in [0, 0.1) is 0 Å². The molecular weight excluding hydrogens is 242 g/mol. The molecule has 0 spiro atoms. The van der Waals surface area contributed by atoms with Crippen molar-refractivity contribution in [3.63, 3.8) is 0 Å². The SMILES string of the molecule is COc1ccccc1-c1nc2c(c(=O)[nH]1)CCCN2. The number of ether oxygens (including phenoxy) is 1. The van der Waals surface area contributed by atoms with Gasteiger partial charge in [0.15, 0.2) is 0 Å². The van der Waals surface area contributed by atoms with Crippen molar-refractivity contribution in [3.8, 4) is 17.1 Å². The van der Waals surface area contributed by atoms with E-state index >= 15 is 0 Å². The van der Waals surface area contributed by atoms with Crippen LogP contribution in [0.3, 0.4) is 0 Å². The molecule has 2 aromatic rings. The van der Waals surface area contributed by atoms with Crippen LogP contribution in [0.15, 0.2) is 29.1 Å². The molecule has 1 aliphatic rings. The van der Waals surface area contributed by atoms with Crippen molar-refractivity contribution in [1.82, 2.24) is 9.97 Å². The quantitative estimate of drug-likeness (QED) is 0.861. The summed E-state index contributed by atoms with van der Waals surface area (Å²) in [5.41, 5.74) is 1.46. The first-order valence-electron chi connectivity index (χ1n) is 6.30. The van der Waals surface area contributed by atoms with Gasteiger partial charge < -0.3 is 15.0 Å². The van der Waals surface area contributed by atoms with Crippen molar-refractivity contribution < 1.29 is 4.74 Å². The van der Waals surface area contributed by atoms with E-state index in [2.05, 4.69) is 15.3 Å². The molecule has 5 nitrogen and oxygen atoms in total. The predicted molar refractivity (Wildman–Crippen MR) is 73.7 cm³/mol. The predicted octanol–water partition coefficient (Wildman–Crippen LogP) is 1.80. The molecule has 1 aliphatic heterocycles. The average molecular weight is 257 g/mol.